The van der Waals surface area contributed by atoms with Gasteiger partial charge in [-0.05, 0) is 31.9 Å². The maximum Gasteiger partial charge on any atom is 0.309 e. The summed E-state index contributed by atoms with van der Waals surface area (Å²) in [5.41, 5.74) is 2.11. The fourth-order valence-corrected chi connectivity index (χ4v) is 4.03. The van der Waals surface area contributed by atoms with E-state index >= 15 is 0 Å². The smallest absolute Gasteiger partial charge is 0.309 e. The third kappa shape index (κ3) is 3.65. The minimum absolute atomic E-state index is 0.0157. The van der Waals surface area contributed by atoms with Gasteiger partial charge in [-0.15, -0.1) is 11.3 Å². The molecule has 1 aliphatic rings. The van der Waals surface area contributed by atoms with E-state index in [0.29, 0.717) is 17.9 Å². The van der Waals surface area contributed by atoms with Crippen molar-refractivity contribution < 1.29 is 14.3 Å². The van der Waals surface area contributed by atoms with Crippen LogP contribution in [0.15, 0.2) is 23.6 Å². The van der Waals surface area contributed by atoms with E-state index in [4.69, 9.17) is 14.5 Å². The molecule has 1 aromatic heterocycles. The molecule has 136 valence electrons. The van der Waals surface area contributed by atoms with Crippen LogP contribution in [0.5, 0.6) is 5.75 Å². The fraction of sp³-hybridized carbons (Fsp3) is 0.421. The lowest BCUT2D eigenvalue weighted by Gasteiger charge is -2.30. The minimum Gasteiger partial charge on any atom is -0.495 e. The number of aromatic nitrogens is 1. The van der Waals surface area contributed by atoms with Crippen LogP contribution in [0.4, 0.5) is 5.13 Å². The molecule has 0 radical (unpaired) electrons. The Labute approximate surface area is 157 Å². The van der Waals surface area contributed by atoms with E-state index < -0.39 is 0 Å². The van der Waals surface area contributed by atoms with Crippen molar-refractivity contribution >= 4 is 22.4 Å². The van der Waals surface area contributed by atoms with Crippen LogP contribution in [0, 0.1) is 17.2 Å². The molecule has 6 nitrogen and oxygen atoms in total. The van der Waals surface area contributed by atoms with E-state index in [9.17, 15) is 10.1 Å². The maximum atomic E-state index is 11.9. The first kappa shape index (κ1) is 18.2. The number of benzene rings is 1. The summed E-state index contributed by atoms with van der Waals surface area (Å²) < 4.78 is 10.5. The average molecular weight is 371 g/mol. The number of nitrogens with zero attached hydrogens (tertiary/aromatic N) is 3. The Morgan fingerprint density at radius 3 is 2.85 bits per heavy atom. The maximum absolute atomic E-state index is 11.9. The molecule has 26 heavy (non-hydrogen) atoms. The Morgan fingerprint density at radius 2 is 2.19 bits per heavy atom. The number of hydrogen-bond donors (Lipinski definition) is 0. The van der Waals surface area contributed by atoms with Crippen LogP contribution >= 0.6 is 11.3 Å². The summed E-state index contributed by atoms with van der Waals surface area (Å²) in [7, 11) is 1.56. The SMILES string of the molecule is CCOC(=O)C1CCN(c2nc(-c3cccc(C#N)c3OC)cs2)CC1. The van der Waals surface area contributed by atoms with Gasteiger partial charge in [0.25, 0.3) is 0 Å². The normalized spacial score (nSPS) is 14.7. The molecule has 7 heteroatoms. The third-order valence-electron chi connectivity index (χ3n) is 4.49. The van der Waals surface area contributed by atoms with Gasteiger partial charge in [-0.3, -0.25) is 4.79 Å². The highest BCUT2D eigenvalue weighted by molar-refractivity contribution is 7.14. The number of rotatable bonds is 5. The number of anilines is 1. The topological polar surface area (TPSA) is 75.5 Å². The average Bonchev–Trinajstić information content (AvgIpc) is 3.17. The summed E-state index contributed by atoms with van der Waals surface area (Å²) >= 11 is 1.56. The third-order valence-corrected chi connectivity index (χ3v) is 5.39. The molecule has 1 fully saturated rings. The summed E-state index contributed by atoms with van der Waals surface area (Å²) in [6.07, 6.45) is 1.56. The molecule has 0 amide bonds. The van der Waals surface area contributed by atoms with Crippen molar-refractivity contribution in [3.8, 4) is 23.1 Å². The molecular formula is C19H21N3O3S. The van der Waals surface area contributed by atoms with Gasteiger partial charge in [-0.1, -0.05) is 6.07 Å². The molecule has 0 bridgehead atoms. The molecule has 3 rings (SSSR count). The molecular weight excluding hydrogens is 350 g/mol. The van der Waals surface area contributed by atoms with Crippen molar-refractivity contribution in [2.75, 3.05) is 31.7 Å². The number of nitriles is 1. The number of methoxy groups -OCH3 is 1. The summed E-state index contributed by atoms with van der Waals surface area (Å²) in [5, 5.41) is 12.1. The van der Waals surface area contributed by atoms with Gasteiger partial charge >= 0.3 is 5.97 Å². The van der Waals surface area contributed by atoms with Gasteiger partial charge in [0.1, 0.15) is 11.8 Å². The van der Waals surface area contributed by atoms with E-state index in [1.54, 1.807) is 24.5 Å². The zero-order valence-electron chi connectivity index (χ0n) is 14.9. The van der Waals surface area contributed by atoms with Gasteiger partial charge in [0.15, 0.2) is 5.13 Å². The number of para-hydroxylation sites is 1. The molecule has 0 spiro atoms. The van der Waals surface area contributed by atoms with Crippen LogP contribution in [0.3, 0.4) is 0 Å². The first-order valence-electron chi connectivity index (χ1n) is 8.62. The van der Waals surface area contributed by atoms with Crippen LogP contribution in [-0.2, 0) is 9.53 Å². The summed E-state index contributed by atoms with van der Waals surface area (Å²) in [4.78, 5) is 18.8. The number of ether oxygens (including phenoxy) is 2. The minimum atomic E-state index is -0.0926. The highest BCUT2D eigenvalue weighted by Crippen LogP contribution is 2.36. The summed E-state index contributed by atoms with van der Waals surface area (Å²) in [5.74, 6) is 0.441. The van der Waals surface area contributed by atoms with Crippen LogP contribution in [0.25, 0.3) is 11.3 Å². The zero-order chi connectivity index (χ0) is 18.5. The number of piperidine rings is 1. The van der Waals surface area contributed by atoms with E-state index in [2.05, 4.69) is 11.0 Å². The number of thiazole rings is 1. The van der Waals surface area contributed by atoms with Crippen molar-refractivity contribution in [2.45, 2.75) is 19.8 Å². The Balaban J connectivity index is 1.74. The molecule has 2 aromatic rings. The highest BCUT2D eigenvalue weighted by atomic mass is 32.1. The number of carbonyl (C=O) groups is 1. The largest absolute Gasteiger partial charge is 0.495 e. The van der Waals surface area contributed by atoms with Gasteiger partial charge in [0.05, 0.1) is 30.9 Å². The van der Waals surface area contributed by atoms with Crippen LogP contribution < -0.4 is 9.64 Å². The van der Waals surface area contributed by atoms with Crippen molar-refractivity contribution in [2.24, 2.45) is 5.92 Å². The van der Waals surface area contributed by atoms with E-state index in [1.165, 1.54) is 0 Å². The van der Waals surface area contributed by atoms with Gasteiger partial charge in [0.2, 0.25) is 0 Å². The van der Waals surface area contributed by atoms with Crippen molar-refractivity contribution in [1.82, 2.24) is 4.98 Å². The van der Waals surface area contributed by atoms with Gasteiger partial charge in [-0.2, -0.15) is 5.26 Å². The molecule has 0 aliphatic carbocycles. The van der Waals surface area contributed by atoms with Crippen molar-refractivity contribution in [1.29, 1.82) is 5.26 Å². The van der Waals surface area contributed by atoms with Gasteiger partial charge in [0, 0.05) is 24.0 Å². The summed E-state index contributed by atoms with van der Waals surface area (Å²) in [6, 6.07) is 7.62. The predicted molar refractivity (Wildman–Crippen MR) is 100 cm³/mol. The zero-order valence-corrected chi connectivity index (χ0v) is 15.7. The van der Waals surface area contributed by atoms with Crippen LogP contribution in [-0.4, -0.2) is 37.8 Å². The first-order chi connectivity index (χ1) is 12.7. The number of esters is 1. The van der Waals surface area contributed by atoms with E-state index in [1.807, 2.05) is 24.4 Å². The molecule has 0 saturated carbocycles. The number of carbonyl (C=O) groups excluding carboxylic acids is 1. The lowest BCUT2D eigenvalue weighted by atomic mass is 9.97. The van der Waals surface area contributed by atoms with Crippen molar-refractivity contribution in [3.05, 3.63) is 29.1 Å². The van der Waals surface area contributed by atoms with Gasteiger partial charge in [-0.25, -0.2) is 4.98 Å². The standard InChI is InChI=1S/C19H21N3O3S/c1-3-25-18(23)13-7-9-22(10-8-13)19-21-16(12-26-19)15-6-4-5-14(11-20)17(15)24-2/h4-6,12-13H,3,7-10H2,1-2H3. The lowest BCUT2D eigenvalue weighted by molar-refractivity contribution is -0.148. The molecule has 1 aliphatic heterocycles. The second-order valence-electron chi connectivity index (χ2n) is 6.03. The molecule has 1 aromatic carbocycles. The van der Waals surface area contributed by atoms with E-state index in [-0.39, 0.29) is 11.9 Å². The Kier molecular flexibility index (Phi) is 5.74. The van der Waals surface area contributed by atoms with Crippen LogP contribution in [0.2, 0.25) is 0 Å². The molecule has 0 unspecified atom stereocenters. The molecule has 0 N–H and O–H groups in total. The van der Waals surface area contributed by atoms with E-state index in [0.717, 1.165) is 42.3 Å². The fourth-order valence-electron chi connectivity index (χ4n) is 3.15. The molecule has 0 atom stereocenters. The lowest BCUT2D eigenvalue weighted by Crippen LogP contribution is -2.36. The first-order valence-corrected chi connectivity index (χ1v) is 9.50. The molecule has 1 saturated heterocycles. The monoisotopic (exact) mass is 371 g/mol. The van der Waals surface area contributed by atoms with Gasteiger partial charge < -0.3 is 14.4 Å². The predicted octanol–water partition coefficient (Wildman–Crippen LogP) is 3.47. The van der Waals surface area contributed by atoms with Crippen molar-refractivity contribution in [3.63, 3.8) is 0 Å². The highest BCUT2D eigenvalue weighted by Gasteiger charge is 2.27. The summed E-state index contributed by atoms with van der Waals surface area (Å²) in [6.45, 7) is 3.83. The molecule has 2 heterocycles. The second-order valence-corrected chi connectivity index (χ2v) is 6.86. The second kappa shape index (κ2) is 8.19. The quantitative estimate of drug-likeness (QED) is 0.749. The van der Waals surface area contributed by atoms with Crippen LogP contribution in [0.1, 0.15) is 25.3 Å². The Bertz CT molecular complexity index is 820. The Morgan fingerprint density at radius 1 is 1.42 bits per heavy atom. The Hall–Kier alpha value is -2.59. The number of hydrogen-bond acceptors (Lipinski definition) is 7.